The highest BCUT2D eigenvalue weighted by molar-refractivity contribution is 5.90. The number of ether oxygens (including phenoxy) is 2. The summed E-state index contributed by atoms with van der Waals surface area (Å²) in [5, 5.41) is 10.9. The molecule has 8 heteroatoms. The van der Waals surface area contributed by atoms with Crippen molar-refractivity contribution in [2.75, 3.05) is 12.8 Å². The maximum atomic E-state index is 11.6. The van der Waals surface area contributed by atoms with Gasteiger partial charge in [-0.25, -0.2) is 9.78 Å². The quantitative estimate of drug-likeness (QED) is 0.509. The van der Waals surface area contributed by atoms with E-state index >= 15 is 0 Å². The van der Waals surface area contributed by atoms with E-state index in [1.54, 1.807) is 12.1 Å². The van der Waals surface area contributed by atoms with Crippen LogP contribution in [0.2, 0.25) is 0 Å². The molecule has 114 valence electrons. The minimum Gasteiger partial charge on any atom is -0.485 e. The SMILES string of the molecule is COC(=O)c1cc(COc2cccnc2N)cc([N+](=O)[O-])c1. The summed E-state index contributed by atoms with van der Waals surface area (Å²) in [5.41, 5.74) is 5.94. The Morgan fingerprint density at radius 3 is 2.82 bits per heavy atom. The van der Waals surface area contributed by atoms with Gasteiger partial charge in [0.25, 0.3) is 5.69 Å². The van der Waals surface area contributed by atoms with Crippen molar-refractivity contribution >= 4 is 17.5 Å². The van der Waals surface area contributed by atoms with Crippen LogP contribution in [-0.4, -0.2) is 23.0 Å². The lowest BCUT2D eigenvalue weighted by Gasteiger charge is -2.09. The monoisotopic (exact) mass is 303 g/mol. The molecule has 2 rings (SSSR count). The number of hydrogen-bond donors (Lipinski definition) is 1. The molecule has 0 saturated heterocycles. The number of methoxy groups -OCH3 is 1. The van der Waals surface area contributed by atoms with E-state index in [9.17, 15) is 14.9 Å². The summed E-state index contributed by atoms with van der Waals surface area (Å²) >= 11 is 0. The Hall–Kier alpha value is -3.16. The first kappa shape index (κ1) is 15.2. The summed E-state index contributed by atoms with van der Waals surface area (Å²) in [5.74, 6) is -0.0967. The minimum absolute atomic E-state index is 0.00156. The van der Waals surface area contributed by atoms with Crippen LogP contribution in [0.25, 0.3) is 0 Å². The van der Waals surface area contributed by atoms with Gasteiger partial charge in [0.15, 0.2) is 11.6 Å². The molecule has 0 aliphatic heterocycles. The molecular weight excluding hydrogens is 290 g/mol. The van der Waals surface area contributed by atoms with E-state index in [4.69, 9.17) is 10.5 Å². The second-order valence-corrected chi connectivity index (χ2v) is 4.31. The fourth-order valence-corrected chi connectivity index (χ4v) is 1.78. The molecule has 0 atom stereocenters. The molecule has 0 spiro atoms. The molecule has 0 radical (unpaired) electrons. The predicted molar refractivity (Wildman–Crippen MR) is 77.4 cm³/mol. The average molecular weight is 303 g/mol. The van der Waals surface area contributed by atoms with Gasteiger partial charge in [0.2, 0.25) is 0 Å². The highest BCUT2D eigenvalue weighted by Crippen LogP contribution is 2.22. The zero-order valence-electron chi connectivity index (χ0n) is 11.7. The van der Waals surface area contributed by atoms with Crippen LogP contribution in [0.4, 0.5) is 11.5 Å². The van der Waals surface area contributed by atoms with Crippen molar-refractivity contribution in [1.29, 1.82) is 0 Å². The van der Waals surface area contributed by atoms with E-state index in [2.05, 4.69) is 9.72 Å². The van der Waals surface area contributed by atoms with Gasteiger partial charge in [-0.3, -0.25) is 10.1 Å². The standard InChI is InChI=1S/C14H13N3O5/c1-21-14(18)10-5-9(6-11(7-10)17(19)20)8-22-12-3-2-4-16-13(12)15/h2-7H,8H2,1H3,(H2,15,16). The molecule has 0 aliphatic carbocycles. The van der Waals surface area contributed by atoms with Gasteiger partial charge in [-0.2, -0.15) is 0 Å². The van der Waals surface area contributed by atoms with Gasteiger partial charge in [-0.1, -0.05) is 0 Å². The Balaban J connectivity index is 2.26. The third kappa shape index (κ3) is 3.48. The predicted octanol–water partition coefficient (Wildman–Crippen LogP) is 1.94. The lowest BCUT2D eigenvalue weighted by Crippen LogP contribution is -2.06. The van der Waals surface area contributed by atoms with Crippen molar-refractivity contribution in [1.82, 2.24) is 4.98 Å². The number of non-ortho nitro benzene ring substituents is 1. The van der Waals surface area contributed by atoms with Crippen LogP contribution < -0.4 is 10.5 Å². The number of esters is 1. The second-order valence-electron chi connectivity index (χ2n) is 4.31. The summed E-state index contributed by atoms with van der Waals surface area (Å²) in [4.78, 5) is 25.8. The summed E-state index contributed by atoms with van der Waals surface area (Å²) < 4.78 is 10.0. The van der Waals surface area contributed by atoms with Gasteiger partial charge in [0, 0.05) is 18.3 Å². The molecule has 8 nitrogen and oxygen atoms in total. The van der Waals surface area contributed by atoms with E-state index in [0.29, 0.717) is 11.3 Å². The van der Waals surface area contributed by atoms with Crippen LogP contribution >= 0.6 is 0 Å². The van der Waals surface area contributed by atoms with E-state index in [1.165, 1.54) is 25.4 Å². The van der Waals surface area contributed by atoms with Crippen LogP contribution in [-0.2, 0) is 11.3 Å². The Morgan fingerprint density at radius 1 is 1.41 bits per heavy atom. The molecule has 22 heavy (non-hydrogen) atoms. The van der Waals surface area contributed by atoms with Crippen LogP contribution in [0.3, 0.4) is 0 Å². The number of carbonyl (C=O) groups is 1. The molecular formula is C14H13N3O5. The average Bonchev–Trinajstić information content (AvgIpc) is 2.53. The van der Waals surface area contributed by atoms with Crippen molar-refractivity contribution in [2.24, 2.45) is 0 Å². The van der Waals surface area contributed by atoms with Gasteiger partial charge in [-0.15, -0.1) is 0 Å². The molecule has 1 aromatic heterocycles. The smallest absolute Gasteiger partial charge is 0.338 e. The number of rotatable bonds is 5. The number of anilines is 1. The first-order valence-corrected chi connectivity index (χ1v) is 6.21. The van der Waals surface area contributed by atoms with Crippen molar-refractivity contribution in [3.8, 4) is 5.75 Å². The van der Waals surface area contributed by atoms with Gasteiger partial charge in [-0.05, 0) is 23.8 Å². The normalized spacial score (nSPS) is 10.0. The number of nitrogen functional groups attached to an aromatic ring is 1. The zero-order valence-corrected chi connectivity index (χ0v) is 11.7. The number of nitrogens with two attached hydrogens (primary N) is 1. The summed E-state index contributed by atoms with van der Waals surface area (Å²) in [7, 11) is 1.20. The molecule has 2 N–H and O–H groups in total. The fraction of sp³-hybridized carbons (Fsp3) is 0.143. The fourth-order valence-electron chi connectivity index (χ4n) is 1.78. The van der Waals surface area contributed by atoms with Crippen molar-refractivity contribution in [3.05, 3.63) is 57.8 Å². The highest BCUT2D eigenvalue weighted by atomic mass is 16.6. The number of nitro groups is 1. The summed E-state index contributed by atoms with van der Waals surface area (Å²) in [6, 6.07) is 7.21. The molecule has 2 aromatic rings. The van der Waals surface area contributed by atoms with E-state index in [-0.39, 0.29) is 23.7 Å². The van der Waals surface area contributed by atoms with Gasteiger partial charge < -0.3 is 15.2 Å². The Kier molecular flexibility index (Phi) is 4.52. The number of nitro benzene ring substituents is 1. The lowest BCUT2D eigenvalue weighted by molar-refractivity contribution is -0.385. The molecule has 0 aliphatic rings. The van der Waals surface area contributed by atoms with Crippen molar-refractivity contribution in [2.45, 2.75) is 6.61 Å². The largest absolute Gasteiger partial charge is 0.485 e. The van der Waals surface area contributed by atoms with Gasteiger partial charge in [0.05, 0.1) is 17.6 Å². The van der Waals surface area contributed by atoms with E-state index < -0.39 is 10.9 Å². The molecule has 0 saturated carbocycles. The number of carbonyl (C=O) groups excluding carboxylic acids is 1. The lowest BCUT2D eigenvalue weighted by atomic mass is 10.1. The van der Waals surface area contributed by atoms with Crippen LogP contribution in [0.15, 0.2) is 36.5 Å². The second kappa shape index (κ2) is 6.53. The third-order valence-corrected chi connectivity index (χ3v) is 2.80. The van der Waals surface area contributed by atoms with Crippen molar-refractivity contribution < 1.29 is 19.2 Å². The minimum atomic E-state index is -0.661. The molecule has 1 aromatic carbocycles. The Morgan fingerprint density at radius 2 is 2.18 bits per heavy atom. The Labute approximate surface area is 125 Å². The third-order valence-electron chi connectivity index (χ3n) is 2.80. The van der Waals surface area contributed by atoms with E-state index in [0.717, 1.165) is 6.07 Å². The summed E-state index contributed by atoms with van der Waals surface area (Å²) in [6.07, 6.45) is 1.52. The Bertz CT molecular complexity index is 717. The first-order valence-electron chi connectivity index (χ1n) is 6.21. The van der Waals surface area contributed by atoms with Gasteiger partial charge in [0.1, 0.15) is 6.61 Å². The maximum absolute atomic E-state index is 11.6. The first-order chi connectivity index (χ1) is 10.5. The number of nitrogens with zero attached hydrogens (tertiary/aromatic N) is 2. The summed E-state index contributed by atoms with van der Waals surface area (Å²) in [6.45, 7) is 0.00156. The molecule has 0 fully saturated rings. The van der Waals surface area contributed by atoms with Crippen LogP contribution in [0, 0.1) is 10.1 Å². The van der Waals surface area contributed by atoms with Crippen molar-refractivity contribution in [3.63, 3.8) is 0 Å². The number of benzene rings is 1. The number of hydrogen-bond acceptors (Lipinski definition) is 7. The van der Waals surface area contributed by atoms with E-state index in [1.807, 2.05) is 0 Å². The molecule has 0 unspecified atom stereocenters. The zero-order chi connectivity index (χ0) is 16.1. The topological polar surface area (TPSA) is 118 Å². The number of aromatic nitrogens is 1. The maximum Gasteiger partial charge on any atom is 0.338 e. The van der Waals surface area contributed by atoms with Gasteiger partial charge >= 0.3 is 5.97 Å². The number of pyridine rings is 1. The van der Waals surface area contributed by atoms with Crippen LogP contribution in [0.1, 0.15) is 15.9 Å². The molecule has 1 heterocycles. The molecule has 0 amide bonds. The molecule has 0 bridgehead atoms. The van der Waals surface area contributed by atoms with Crippen LogP contribution in [0.5, 0.6) is 5.75 Å². The highest BCUT2D eigenvalue weighted by Gasteiger charge is 2.15.